The summed E-state index contributed by atoms with van der Waals surface area (Å²) in [5.74, 6) is 3.89. The summed E-state index contributed by atoms with van der Waals surface area (Å²) in [5.41, 5.74) is 0.268. The molecule has 0 saturated heterocycles. The molecular formula is C21H35BO2. The maximum atomic E-state index is 12.2. The van der Waals surface area contributed by atoms with Crippen LogP contribution in [0, 0.1) is 40.4 Å². The van der Waals surface area contributed by atoms with E-state index in [1.54, 1.807) is 0 Å². The first-order valence-electron chi connectivity index (χ1n) is 10.4. The summed E-state index contributed by atoms with van der Waals surface area (Å²) in [6.45, 7) is 6.81. The Balaban J connectivity index is 1.61. The normalized spacial score (nSPS) is 56.9. The zero-order chi connectivity index (χ0) is 17.3. The van der Waals surface area contributed by atoms with Gasteiger partial charge in [0.25, 0.3) is 0 Å². The summed E-state index contributed by atoms with van der Waals surface area (Å²) in [6.07, 6.45) is 10.8. The van der Waals surface area contributed by atoms with E-state index in [2.05, 4.69) is 13.8 Å². The number of rotatable bonds is 1. The van der Waals surface area contributed by atoms with Crippen LogP contribution >= 0.6 is 0 Å². The number of hydrogen-bond acceptors (Lipinski definition) is 2. The molecule has 134 valence electrons. The zero-order valence-electron chi connectivity index (χ0n) is 16.1. The number of Topliss-reactive ketones (excluding diaryl/α,β-unsaturated/α-hetero) is 1. The summed E-state index contributed by atoms with van der Waals surface area (Å²) in [4.78, 5) is 12.2. The molecule has 3 heteroatoms. The fourth-order valence-electron chi connectivity index (χ4n) is 8.10. The van der Waals surface area contributed by atoms with E-state index in [0.29, 0.717) is 23.0 Å². The van der Waals surface area contributed by atoms with E-state index in [1.165, 1.54) is 38.5 Å². The number of aliphatic hydroxyl groups is 1. The lowest BCUT2D eigenvalue weighted by Gasteiger charge is -2.62. The number of hydrogen-bond donors (Lipinski definition) is 1. The van der Waals surface area contributed by atoms with E-state index in [-0.39, 0.29) is 5.41 Å². The summed E-state index contributed by atoms with van der Waals surface area (Å²) in [6, 6.07) is 0. The van der Waals surface area contributed by atoms with Gasteiger partial charge in [0, 0.05) is 11.4 Å². The molecule has 0 aliphatic heterocycles. The van der Waals surface area contributed by atoms with Gasteiger partial charge in [-0.05, 0) is 99.2 Å². The van der Waals surface area contributed by atoms with Gasteiger partial charge in [-0.1, -0.05) is 13.8 Å². The molecule has 1 N–H and O–H groups in total. The molecule has 0 amide bonds. The van der Waals surface area contributed by atoms with Gasteiger partial charge in [0.1, 0.15) is 13.6 Å². The Hall–Kier alpha value is -0.305. The van der Waals surface area contributed by atoms with Crippen LogP contribution in [0.5, 0.6) is 0 Å². The molecule has 0 spiro atoms. The van der Waals surface area contributed by atoms with Crippen molar-refractivity contribution in [3.63, 3.8) is 0 Å². The molecule has 0 bridgehead atoms. The number of fused-ring (bicyclic) bond motifs is 5. The molecule has 4 aliphatic rings. The molecule has 2 nitrogen and oxygen atoms in total. The third kappa shape index (κ3) is 2.29. The minimum Gasteiger partial charge on any atom is -0.399 e. The molecule has 0 radical (unpaired) electrons. The average Bonchev–Trinajstić information content (AvgIpc) is 2.85. The van der Waals surface area contributed by atoms with Crippen molar-refractivity contribution in [1.29, 1.82) is 0 Å². The van der Waals surface area contributed by atoms with Crippen molar-refractivity contribution in [3.8, 4) is 0 Å². The van der Waals surface area contributed by atoms with Crippen molar-refractivity contribution in [3.05, 3.63) is 0 Å². The number of carbonyl (C=O) groups is 1. The standard InChI is InChI=1S/C21H35BO2/c1-13(23)16-6-7-17-15-5-4-14-12-21(22,24)11-10-19(14,2)18(15)8-9-20(16,17)3/h14-18,24H,4-12,22H2,1-3H3/t14-,15+,16-,17+,18+,19+,20-,21-/m1/s1. The van der Waals surface area contributed by atoms with Crippen LogP contribution in [0.15, 0.2) is 0 Å². The summed E-state index contributed by atoms with van der Waals surface area (Å²) in [5, 5.41) is 10.6. The summed E-state index contributed by atoms with van der Waals surface area (Å²) in [7, 11) is 2.05. The van der Waals surface area contributed by atoms with Crippen molar-refractivity contribution in [1.82, 2.24) is 0 Å². The monoisotopic (exact) mass is 330 g/mol. The van der Waals surface area contributed by atoms with Crippen LogP contribution in [0.1, 0.15) is 78.6 Å². The van der Waals surface area contributed by atoms with Crippen LogP contribution < -0.4 is 0 Å². The highest BCUT2D eigenvalue weighted by atomic mass is 16.3. The molecule has 4 aliphatic carbocycles. The zero-order valence-corrected chi connectivity index (χ0v) is 16.1. The fourth-order valence-corrected chi connectivity index (χ4v) is 8.10. The van der Waals surface area contributed by atoms with Gasteiger partial charge in [-0.15, -0.1) is 0 Å². The molecule has 0 unspecified atom stereocenters. The smallest absolute Gasteiger partial charge is 0.142 e. The lowest BCUT2D eigenvalue weighted by atomic mass is 9.42. The Kier molecular flexibility index (Phi) is 3.82. The van der Waals surface area contributed by atoms with E-state index in [9.17, 15) is 9.90 Å². The van der Waals surface area contributed by atoms with Gasteiger partial charge < -0.3 is 5.11 Å². The Bertz CT molecular complexity index is 544. The quantitative estimate of drug-likeness (QED) is 0.747. The SMILES string of the molecule is B[C@@]1(O)CC[C@@]2(C)[C@H](CC[C@@H]3[C@@H]2CC[C@]2(C)[C@@H](C(C)=O)CC[C@@H]32)C1. The second-order valence-corrected chi connectivity index (χ2v) is 10.6. The van der Waals surface area contributed by atoms with Crippen molar-refractivity contribution in [2.75, 3.05) is 0 Å². The second kappa shape index (κ2) is 5.35. The van der Waals surface area contributed by atoms with Crippen LogP contribution in [0.3, 0.4) is 0 Å². The number of carbonyl (C=O) groups excluding carboxylic acids is 1. The molecule has 4 saturated carbocycles. The van der Waals surface area contributed by atoms with Gasteiger partial charge >= 0.3 is 0 Å². The Morgan fingerprint density at radius 1 is 0.958 bits per heavy atom. The lowest BCUT2D eigenvalue weighted by molar-refractivity contribution is -0.141. The third-order valence-corrected chi connectivity index (χ3v) is 9.44. The fraction of sp³-hybridized carbons (Fsp3) is 0.952. The van der Waals surface area contributed by atoms with Crippen molar-refractivity contribution < 1.29 is 9.90 Å². The Morgan fingerprint density at radius 2 is 1.67 bits per heavy atom. The predicted octanol–water partition coefficient (Wildman–Crippen LogP) is 3.56. The van der Waals surface area contributed by atoms with Gasteiger partial charge in [0.15, 0.2) is 0 Å². The highest BCUT2D eigenvalue weighted by molar-refractivity contribution is 6.14. The molecule has 4 rings (SSSR count). The van der Waals surface area contributed by atoms with E-state index < -0.39 is 5.50 Å². The second-order valence-electron chi connectivity index (χ2n) is 10.6. The first-order chi connectivity index (χ1) is 11.2. The van der Waals surface area contributed by atoms with Crippen LogP contribution in [0.4, 0.5) is 0 Å². The summed E-state index contributed by atoms with van der Waals surface area (Å²) >= 11 is 0. The van der Waals surface area contributed by atoms with Gasteiger partial charge in [-0.3, -0.25) is 4.79 Å². The van der Waals surface area contributed by atoms with Crippen LogP contribution in [0.2, 0.25) is 0 Å². The van der Waals surface area contributed by atoms with Gasteiger partial charge in [-0.25, -0.2) is 0 Å². The molecule has 0 heterocycles. The minimum atomic E-state index is -0.437. The molecule has 24 heavy (non-hydrogen) atoms. The highest BCUT2D eigenvalue weighted by Crippen LogP contribution is 2.67. The molecular weight excluding hydrogens is 295 g/mol. The molecule has 0 aromatic rings. The lowest BCUT2D eigenvalue weighted by Crippen LogP contribution is -2.56. The van der Waals surface area contributed by atoms with Gasteiger partial charge in [0.05, 0.1) is 0 Å². The molecule has 0 aromatic carbocycles. The summed E-state index contributed by atoms with van der Waals surface area (Å²) < 4.78 is 0. The Morgan fingerprint density at radius 3 is 2.38 bits per heavy atom. The van der Waals surface area contributed by atoms with Gasteiger partial charge in [-0.2, -0.15) is 0 Å². The largest absolute Gasteiger partial charge is 0.399 e. The third-order valence-electron chi connectivity index (χ3n) is 9.44. The predicted molar refractivity (Wildman–Crippen MR) is 99.4 cm³/mol. The maximum Gasteiger partial charge on any atom is 0.142 e. The van der Waals surface area contributed by atoms with E-state index >= 15 is 0 Å². The topological polar surface area (TPSA) is 37.3 Å². The molecule has 4 fully saturated rings. The Labute approximate surface area is 148 Å². The number of ketones is 1. The first-order valence-corrected chi connectivity index (χ1v) is 10.4. The van der Waals surface area contributed by atoms with E-state index in [4.69, 9.17) is 0 Å². The van der Waals surface area contributed by atoms with E-state index in [1.807, 2.05) is 14.8 Å². The average molecular weight is 330 g/mol. The molecule has 8 atom stereocenters. The first kappa shape index (κ1) is 17.1. The van der Waals surface area contributed by atoms with Crippen molar-refractivity contribution in [2.45, 2.75) is 84.1 Å². The van der Waals surface area contributed by atoms with Crippen molar-refractivity contribution in [2.24, 2.45) is 40.4 Å². The van der Waals surface area contributed by atoms with Crippen LogP contribution in [-0.2, 0) is 4.79 Å². The van der Waals surface area contributed by atoms with E-state index in [0.717, 1.165) is 37.0 Å². The van der Waals surface area contributed by atoms with Crippen molar-refractivity contribution >= 4 is 13.6 Å². The maximum absolute atomic E-state index is 12.2. The minimum absolute atomic E-state index is 0.274. The van der Waals surface area contributed by atoms with Crippen LogP contribution in [0.25, 0.3) is 0 Å². The van der Waals surface area contributed by atoms with Crippen LogP contribution in [-0.4, -0.2) is 24.2 Å². The highest BCUT2D eigenvalue weighted by Gasteiger charge is 2.61. The van der Waals surface area contributed by atoms with Gasteiger partial charge in [0.2, 0.25) is 0 Å². The molecule has 0 aromatic heterocycles.